The minimum Gasteiger partial charge on any atom is -0.344 e. The lowest BCUT2D eigenvalue weighted by Gasteiger charge is -2.43. The number of carbonyl (C=O) groups excluding carboxylic acids is 1. The highest BCUT2D eigenvalue weighted by Crippen LogP contribution is 2.39. The fraction of sp³-hybridized carbons (Fsp3) is 0.409. The van der Waals surface area contributed by atoms with E-state index in [1.54, 1.807) is 0 Å². The molecular weight excluding hydrogens is 308 g/mol. The average molecular weight is 334 g/mol. The summed E-state index contributed by atoms with van der Waals surface area (Å²) in [5.74, 6) is 0.327. The molecule has 2 fully saturated rings. The van der Waals surface area contributed by atoms with E-state index >= 15 is 0 Å². The summed E-state index contributed by atoms with van der Waals surface area (Å²) in [5, 5.41) is 0. The Morgan fingerprint density at radius 1 is 0.920 bits per heavy atom. The van der Waals surface area contributed by atoms with E-state index in [2.05, 4.69) is 59.5 Å². The molecule has 0 aliphatic carbocycles. The molecule has 0 saturated carbocycles. The Labute approximate surface area is 150 Å². The highest BCUT2D eigenvalue weighted by atomic mass is 16.2. The van der Waals surface area contributed by atoms with E-state index in [1.165, 1.54) is 16.7 Å². The van der Waals surface area contributed by atoms with Crippen molar-refractivity contribution in [2.24, 2.45) is 0 Å². The molecule has 0 radical (unpaired) electrons. The predicted molar refractivity (Wildman–Crippen MR) is 101 cm³/mol. The van der Waals surface area contributed by atoms with E-state index in [-0.39, 0.29) is 5.54 Å². The minimum atomic E-state index is -0.267. The van der Waals surface area contributed by atoms with Crippen molar-refractivity contribution < 1.29 is 4.79 Å². The van der Waals surface area contributed by atoms with Gasteiger partial charge in [0.1, 0.15) is 5.54 Å². The zero-order chi connectivity index (χ0) is 17.3. The number of likely N-dealkylation sites (N-methyl/N-ethyl adjacent to an activating group) is 1. The Morgan fingerprint density at radius 3 is 2.40 bits per heavy atom. The van der Waals surface area contributed by atoms with Crippen LogP contribution in [0.4, 0.5) is 0 Å². The van der Waals surface area contributed by atoms with E-state index in [0.29, 0.717) is 5.91 Å². The molecular formula is C22H26N2O. The number of hydrogen-bond donors (Lipinski definition) is 0. The van der Waals surface area contributed by atoms with Crippen LogP contribution in [0.2, 0.25) is 0 Å². The van der Waals surface area contributed by atoms with Crippen LogP contribution in [0.15, 0.2) is 54.6 Å². The summed E-state index contributed by atoms with van der Waals surface area (Å²) in [6.45, 7) is 2.77. The van der Waals surface area contributed by atoms with Gasteiger partial charge in [0.15, 0.2) is 0 Å². The Hall–Kier alpha value is -2.13. The first-order valence-electron chi connectivity index (χ1n) is 9.35. The third kappa shape index (κ3) is 2.87. The largest absolute Gasteiger partial charge is 0.344 e. The summed E-state index contributed by atoms with van der Waals surface area (Å²) < 4.78 is 0. The molecule has 3 heteroatoms. The highest BCUT2D eigenvalue weighted by Gasteiger charge is 2.49. The Bertz CT molecular complexity index is 758. The molecule has 0 bridgehead atoms. The third-order valence-corrected chi connectivity index (χ3v) is 5.92. The number of hydrogen-bond acceptors (Lipinski definition) is 2. The van der Waals surface area contributed by atoms with Crippen LogP contribution < -0.4 is 0 Å². The lowest BCUT2D eigenvalue weighted by molar-refractivity contribution is -0.146. The number of rotatable bonds is 3. The van der Waals surface area contributed by atoms with Crippen molar-refractivity contribution in [1.82, 2.24) is 9.80 Å². The fourth-order valence-corrected chi connectivity index (χ4v) is 4.63. The first-order valence-corrected chi connectivity index (χ1v) is 9.35. The van der Waals surface area contributed by atoms with Crippen molar-refractivity contribution in [3.05, 3.63) is 60.2 Å². The summed E-state index contributed by atoms with van der Waals surface area (Å²) in [6, 6.07) is 19.2. The maximum absolute atomic E-state index is 13.0. The van der Waals surface area contributed by atoms with Crippen LogP contribution in [0, 0.1) is 0 Å². The second-order valence-corrected chi connectivity index (χ2v) is 7.41. The Morgan fingerprint density at radius 2 is 1.60 bits per heavy atom. The molecule has 1 atom stereocenters. The van der Waals surface area contributed by atoms with Crippen molar-refractivity contribution >= 4 is 5.91 Å². The van der Waals surface area contributed by atoms with Crippen molar-refractivity contribution in [2.45, 2.75) is 37.8 Å². The second kappa shape index (κ2) is 6.64. The fourth-order valence-electron chi connectivity index (χ4n) is 4.63. The number of piperidine rings is 1. The molecule has 2 aliphatic rings. The van der Waals surface area contributed by atoms with Crippen LogP contribution in [0.1, 0.15) is 31.2 Å². The summed E-state index contributed by atoms with van der Waals surface area (Å²) in [7, 11) is 1.96. The van der Waals surface area contributed by atoms with Gasteiger partial charge in [0.25, 0.3) is 0 Å². The van der Waals surface area contributed by atoms with Crippen molar-refractivity contribution in [3.8, 4) is 11.1 Å². The van der Waals surface area contributed by atoms with Gasteiger partial charge >= 0.3 is 0 Å². The smallest absolute Gasteiger partial charge is 0.242 e. The molecule has 2 aliphatic heterocycles. The van der Waals surface area contributed by atoms with Gasteiger partial charge in [-0.3, -0.25) is 9.69 Å². The summed E-state index contributed by atoms with van der Waals surface area (Å²) in [4.78, 5) is 17.4. The van der Waals surface area contributed by atoms with E-state index in [4.69, 9.17) is 0 Å². The molecule has 1 unspecified atom stereocenters. The molecule has 1 amide bonds. The number of likely N-dealkylation sites (tertiary alicyclic amines) is 2. The minimum absolute atomic E-state index is 0.267. The lowest BCUT2D eigenvalue weighted by Crippen LogP contribution is -2.58. The maximum atomic E-state index is 13.0. The standard InChI is InChI=1S/C22H26N2O/c1-23-15-7-13-22(21(23)25)14-8-16-24(22)17-19-11-5-6-12-20(19)18-9-3-2-4-10-18/h2-6,9-12H,7-8,13-17H2,1H3. The van der Waals surface area contributed by atoms with Gasteiger partial charge in [-0.05, 0) is 48.9 Å². The molecule has 2 heterocycles. The van der Waals surface area contributed by atoms with E-state index in [1.807, 2.05) is 11.9 Å². The third-order valence-electron chi connectivity index (χ3n) is 5.92. The summed E-state index contributed by atoms with van der Waals surface area (Å²) in [5.41, 5.74) is 3.58. The molecule has 2 aromatic carbocycles. The van der Waals surface area contributed by atoms with E-state index < -0.39 is 0 Å². The van der Waals surface area contributed by atoms with Gasteiger partial charge in [-0.15, -0.1) is 0 Å². The zero-order valence-corrected chi connectivity index (χ0v) is 14.9. The highest BCUT2D eigenvalue weighted by molar-refractivity contribution is 5.87. The van der Waals surface area contributed by atoms with Crippen LogP contribution in [0.3, 0.4) is 0 Å². The van der Waals surface area contributed by atoms with Gasteiger partial charge in [0.2, 0.25) is 5.91 Å². The van der Waals surface area contributed by atoms with Crippen LogP contribution in [0.25, 0.3) is 11.1 Å². The number of carbonyl (C=O) groups is 1. The topological polar surface area (TPSA) is 23.6 Å². The number of benzene rings is 2. The first-order chi connectivity index (χ1) is 12.2. The molecule has 2 saturated heterocycles. The van der Waals surface area contributed by atoms with Crippen LogP contribution in [0.5, 0.6) is 0 Å². The lowest BCUT2D eigenvalue weighted by atomic mass is 9.85. The van der Waals surface area contributed by atoms with Gasteiger partial charge in [0, 0.05) is 20.1 Å². The predicted octanol–water partition coefficient (Wildman–Crippen LogP) is 3.94. The first kappa shape index (κ1) is 16.3. The quantitative estimate of drug-likeness (QED) is 0.849. The van der Waals surface area contributed by atoms with Crippen LogP contribution in [-0.2, 0) is 11.3 Å². The summed E-state index contributed by atoms with van der Waals surface area (Å²) >= 11 is 0. The molecule has 2 aromatic rings. The number of amides is 1. The average Bonchev–Trinajstić information content (AvgIpc) is 3.04. The van der Waals surface area contributed by atoms with Crippen LogP contribution >= 0.6 is 0 Å². The summed E-state index contributed by atoms with van der Waals surface area (Å²) in [6.07, 6.45) is 4.24. The van der Waals surface area contributed by atoms with Gasteiger partial charge in [-0.1, -0.05) is 54.6 Å². The molecule has 3 nitrogen and oxygen atoms in total. The van der Waals surface area contributed by atoms with Crippen LogP contribution in [-0.4, -0.2) is 41.4 Å². The molecule has 4 rings (SSSR count). The monoisotopic (exact) mass is 334 g/mol. The van der Waals surface area contributed by atoms with E-state index in [0.717, 1.165) is 45.3 Å². The van der Waals surface area contributed by atoms with Crippen molar-refractivity contribution in [3.63, 3.8) is 0 Å². The van der Waals surface area contributed by atoms with E-state index in [9.17, 15) is 4.79 Å². The van der Waals surface area contributed by atoms with Gasteiger partial charge in [-0.25, -0.2) is 0 Å². The Balaban J connectivity index is 1.66. The molecule has 0 aromatic heterocycles. The van der Waals surface area contributed by atoms with Gasteiger partial charge in [-0.2, -0.15) is 0 Å². The van der Waals surface area contributed by atoms with Gasteiger partial charge in [0.05, 0.1) is 0 Å². The Kier molecular flexibility index (Phi) is 4.34. The molecule has 130 valence electrons. The van der Waals surface area contributed by atoms with Crippen molar-refractivity contribution in [2.75, 3.05) is 20.1 Å². The second-order valence-electron chi connectivity index (χ2n) is 7.41. The maximum Gasteiger partial charge on any atom is 0.242 e. The van der Waals surface area contributed by atoms with Crippen molar-refractivity contribution in [1.29, 1.82) is 0 Å². The zero-order valence-electron chi connectivity index (χ0n) is 14.9. The number of nitrogens with zero attached hydrogens (tertiary/aromatic N) is 2. The normalized spacial score (nSPS) is 24.2. The molecule has 25 heavy (non-hydrogen) atoms. The molecule has 1 spiro atoms. The SMILES string of the molecule is CN1CCCC2(CCCN2Cc2ccccc2-c2ccccc2)C1=O. The van der Waals surface area contributed by atoms with Gasteiger partial charge < -0.3 is 4.90 Å². The molecule has 0 N–H and O–H groups in total.